The maximum atomic E-state index is 6.27. The molecule has 1 saturated carbocycles. The van der Waals surface area contributed by atoms with Gasteiger partial charge in [-0.3, -0.25) is 0 Å². The van der Waals surface area contributed by atoms with Gasteiger partial charge in [0.15, 0.2) is 0 Å². The van der Waals surface area contributed by atoms with Gasteiger partial charge in [0.05, 0.1) is 6.61 Å². The highest BCUT2D eigenvalue weighted by Gasteiger charge is 2.24. The Balaban J connectivity index is 1.80. The van der Waals surface area contributed by atoms with E-state index < -0.39 is 0 Å². The van der Waals surface area contributed by atoms with E-state index in [1.54, 1.807) is 0 Å². The Morgan fingerprint density at radius 1 is 1.28 bits per heavy atom. The number of benzene rings is 1. The van der Waals surface area contributed by atoms with Crippen molar-refractivity contribution in [3.63, 3.8) is 0 Å². The molecule has 1 fully saturated rings. The molecule has 0 radical (unpaired) electrons. The van der Waals surface area contributed by atoms with Gasteiger partial charge in [-0.15, -0.1) is 11.6 Å². The van der Waals surface area contributed by atoms with Gasteiger partial charge in [-0.05, 0) is 48.4 Å². The van der Waals surface area contributed by atoms with E-state index in [4.69, 9.17) is 27.9 Å². The third-order valence-electron chi connectivity index (χ3n) is 4.05. The van der Waals surface area contributed by atoms with Crippen LogP contribution in [0.25, 0.3) is 0 Å². The SMILES string of the molecule is Clc1cc2c(c(CC3CCCC(Cl)C3)c1)OCC2. The summed E-state index contributed by atoms with van der Waals surface area (Å²) in [6.45, 7) is 0.797. The molecule has 2 unspecified atom stereocenters. The Kier molecular flexibility index (Phi) is 3.72. The molecule has 1 aromatic rings. The monoisotopic (exact) mass is 284 g/mol. The van der Waals surface area contributed by atoms with Crippen molar-refractivity contribution in [2.45, 2.75) is 43.9 Å². The van der Waals surface area contributed by atoms with Crippen molar-refractivity contribution in [2.24, 2.45) is 5.92 Å². The number of rotatable bonds is 2. The lowest BCUT2D eigenvalue weighted by atomic mass is 9.84. The lowest BCUT2D eigenvalue weighted by Crippen LogP contribution is -2.17. The van der Waals surface area contributed by atoms with Gasteiger partial charge in [0, 0.05) is 16.8 Å². The van der Waals surface area contributed by atoms with Crippen LogP contribution >= 0.6 is 23.2 Å². The van der Waals surface area contributed by atoms with Gasteiger partial charge in [-0.25, -0.2) is 0 Å². The molecule has 1 nitrogen and oxygen atoms in total. The molecule has 0 aromatic heterocycles. The van der Waals surface area contributed by atoms with Gasteiger partial charge in [-0.2, -0.15) is 0 Å². The Morgan fingerprint density at radius 3 is 3.00 bits per heavy atom. The summed E-state index contributed by atoms with van der Waals surface area (Å²) in [4.78, 5) is 0. The van der Waals surface area contributed by atoms with Crippen LogP contribution in [0.5, 0.6) is 5.75 Å². The van der Waals surface area contributed by atoms with Crippen LogP contribution < -0.4 is 4.74 Å². The van der Waals surface area contributed by atoms with E-state index >= 15 is 0 Å². The van der Waals surface area contributed by atoms with Gasteiger partial charge in [-0.1, -0.05) is 24.4 Å². The highest BCUT2D eigenvalue weighted by Crippen LogP contribution is 2.37. The first-order valence-electron chi connectivity index (χ1n) is 6.80. The molecular weight excluding hydrogens is 267 g/mol. The molecule has 0 bridgehead atoms. The van der Waals surface area contributed by atoms with Crippen LogP contribution in [0.1, 0.15) is 36.8 Å². The first kappa shape index (κ1) is 12.6. The second-order valence-corrected chi connectivity index (χ2v) is 6.54. The molecule has 3 rings (SSSR count). The Bertz CT molecular complexity index is 444. The minimum absolute atomic E-state index is 0.358. The van der Waals surface area contributed by atoms with Crippen molar-refractivity contribution < 1.29 is 4.74 Å². The van der Waals surface area contributed by atoms with E-state index in [0.29, 0.717) is 11.3 Å². The fourth-order valence-electron chi connectivity index (χ4n) is 3.22. The fourth-order valence-corrected chi connectivity index (χ4v) is 3.89. The van der Waals surface area contributed by atoms with Crippen LogP contribution in [-0.4, -0.2) is 12.0 Å². The molecule has 2 atom stereocenters. The van der Waals surface area contributed by atoms with E-state index in [2.05, 4.69) is 6.07 Å². The number of ether oxygens (including phenoxy) is 1. The van der Waals surface area contributed by atoms with Crippen LogP contribution in [0.2, 0.25) is 5.02 Å². The Labute approximate surface area is 118 Å². The number of hydrogen-bond acceptors (Lipinski definition) is 1. The van der Waals surface area contributed by atoms with Crippen LogP contribution in [0, 0.1) is 5.92 Å². The minimum Gasteiger partial charge on any atom is -0.493 e. The number of hydrogen-bond donors (Lipinski definition) is 0. The molecule has 98 valence electrons. The Morgan fingerprint density at radius 2 is 2.17 bits per heavy atom. The summed E-state index contributed by atoms with van der Waals surface area (Å²) in [7, 11) is 0. The van der Waals surface area contributed by atoms with E-state index in [0.717, 1.165) is 36.6 Å². The molecule has 1 aliphatic carbocycles. The summed E-state index contributed by atoms with van der Waals surface area (Å²) in [6, 6.07) is 4.11. The first-order chi connectivity index (χ1) is 8.72. The molecule has 0 amide bonds. The van der Waals surface area contributed by atoms with E-state index in [1.807, 2.05) is 6.07 Å². The predicted octanol–water partition coefficient (Wildman–Crippen LogP) is 4.62. The molecular formula is C15H18Cl2O. The van der Waals surface area contributed by atoms with Gasteiger partial charge in [0.1, 0.15) is 5.75 Å². The standard InChI is InChI=1S/C15H18Cl2O/c16-13-3-1-2-10(7-13)6-12-9-14(17)8-11-4-5-18-15(11)12/h8-10,13H,1-7H2. The maximum absolute atomic E-state index is 6.27. The third-order valence-corrected chi connectivity index (χ3v) is 4.67. The summed E-state index contributed by atoms with van der Waals surface area (Å²) in [5.74, 6) is 1.78. The second kappa shape index (κ2) is 5.30. The summed E-state index contributed by atoms with van der Waals surface area (Å²) in [5, 5.41) is 1.20. The summed E-state index contributed by atoms with van der Waals surface area (Å²) in [6.07, 6.45) is 6.88. The highest BCUT2D eigenvalue weighted by atomic mass is 35.5. The smallest absolute Gasteiger partial charge is 0.125 e. The van der Waals surface area contributed by atoms with Crippen molar-refractivity contribution in [3.05, 3.63) is 28.3 Å². The van der Waals surface area contributed by atoms with Crippen molar-refractivity contribution >= 4 is 23.2 Å². The Hall–Kier alpha value is -0.400. The average Bonchev–Trinajstić information content (AvgIpc) is 2.77. The first-order valence-corrected chi connectivity index (χ1v) is 7.62. The van der Waals surface area contributed by atoms with Crippen LogP contribution in [0.15, 0.2) is 12.1 Å². The van der Waals surface area contributed by atoms with Crippen molar-refractivity contribution in [3.8, 4) is 5.75 Å². The van der Waals surface area contributed by atoms with Crippen LogP contribution in [0.3, 0.4) is 0 Å². The van der Waals surface area contributed by atoms with Crippen molar-refractivity contribution in [1.82, 2.24) is 0 Å². The van der Waals surface area contributed by atoms with E-state index in [9.17, 15) is 0 Å². The average molecular weight is 285 g/mol. The molecule has 0 N–H and O–H groups in total. The highest BCUT2D eigenvalue weighted by molar-refractivity contribution is 6.30. The van der Waals surface area contributed by atoms with Crippen LogP contribution in [-0.2, 0) is 12.8 Å². The summed E-state index contributed by atoms with van der Waals surface area (Å²) < 4.78 is 5.76. The molecule has 2 aliphatic rings. The van der Waals surface area contributed by atoms with Crippen molar-refractivity contribution in [1.29, 1.82) is 0 Å². The molecule has 0 spiro atoms. The number of alkyl halides is 1. The van der Waals surface area contributed by atoms with Gasteiger partial charge >= 0.3 is 0 Å². The van der Waals surface area contributed by atoms with E-state index in [-0.39, 0.29) is 0 Å². The zero-order valence-electron chi connectivity index (χ0n) is 10.4. The fraction of sp³-hybridized carbons (Fsp3) is 0.600. The van der Waals surface area contributed by atoms with Crippen molar-refractivity contribution in [2.75, 3.05) is 6.61 Å². The minimum atomic E-state index is 0.358. The molecule has 1 aromatic carbocycles. The third kappa shape index (κ3) is 2.62. The molecule has 3 heteroatoms. The lowest BCUT2D eigenvalue weighted by Gasteiger charge is -2.26. The molecule has 1 aliphatic heterocycles. The zero-order valence-corrected chi connectivity index (χ0v) is 11.9. The zero-order chi connectivity index (χ0) is 12.5. The second-order valence-electron chi connectivity index (χ2n) is 5.49. The normalized spacial score (nSPS) is 26.8. The molecule has 1 heterocycles. The molecule has 18 heavy (non-hydrogen) atoms. The predicted molar refractivity (Wildman–Crippen MR) is 76.0 cm³/mol. The van der Waals surface area contributed by atoms with Crippen LogP contribution in [0.4, 0.5) is 0 Å². The largest absolute Gasteiger partial charge is 0.493 e. The van der Waals surface area contributed by atoms with Gasteiger partial charge < -0.3 is 4.74 Å². The maximum Gasteiger partial charge on any atom is 0.125 e. The van der Waals surface area contributed by atoms with E-state index in [1.165, 1.54) is 30.4 Å². The molecule has 0 saturated heterocycles. The number of halogens is 2. The quantitative estimate of drug-likeness (QED) is 0.721. The van der Waals surface area contributed by atoms with Gasteiger partial charge in [0.2, 0.25) is 0 Å². The lowest BCUT2D eigenvalue weighted by molar-refractivity contribution is 0.336. The topological polar surface area (TPSA) is 9.23 Å². The summed E-state index contributed by atoms with van der Waals surface area (Å²) in [5.41, 5.74) is 2.56. The number of fused-ring (bicyclic) bond motifs is 1. The summed E-state index contributed by atoms with van der Waals surface area (Å²) >= 11 is 12.5. The van der Waals surface area contributed by atoms with Gasteiger partial charge in [0.25, 0.3) is 0 Å².